The van der Waals surface area contributed by atoms with Crippen LogP contribution in [-0.4, -0.2) is 54.3 Å². The highest BCUT2D eigenvalue weighted by molar-refractivity contribution is 8.15. The molecule has 0 amide bonds. The summed E-state index contributed by atoms with van der Waals surface area (Å²) in [5.74, 6) is 0.873. The first-order valence-electron chi connectivity index (χ1n) is 14.4. The third-order valence-electron chi connectivity index (χ3n) is 9.88. The van der Waals surface area contributed by atoms with Crippen molar-refractivity contribution in [1.29, 1.82) is 0 Å². The maximum absolute atomic E-state index is 15.4. The van der Waals surface area contributed by atoms with E-state index in [0.29, 0.717) is 17.4 Å². The number of anilines is 1. The molecule has 6 rings (SSSR count). The number of halogens is 1. The predicted octanol–water partition coefficient (Wildman–Crippen LogP) is 6.30. The van der Waals surface area contributed by atoms with E-state index in [-0.39, 0.29) is 28.7 Å². The van der Waals surface area contributed by atoms with Gasteiger partial charge in [-0.1, -0.05) is 31.0 Å². The molecule has 5 aliphatic rings. The number of methoxy groups -OCH3 is 2. The molecule has 6 nitrogen and oxygen atoms in total. The van der Waals surface area contributed by atoms with E-state index in [1.165, 1.54) is 44.8 Å². The van der Waals surface area contributed by atoms with Crippen molar-refractivity contribution in [2.45, 2.75) is 81.6 Å². The van der Waals surface area contributed by atoms with Gasteiger partial charge in [-0.05, 0) is 87.0 Å². The molecule has 1 aromatic rings. The number of esters is 1. The van der Waals surface area contributed by atoms with Crippen LogP contribution in [0.2, 0.25) is 0 Å². The maximum Gasteiger partial charge on any atom is 0.308 e. The number of hydrazone groups is 1. The van der Waals surface area contributed by atoms with Gasteiger partial charge in [-0.25, -0.2) is 4.39 Å². The third-order valence-corrected chi connectivity index (χ3v) is 11.1. The Balaban J connectivity index is 1.05. The van der Waals surface area contributed by atoms with E-state index in [1.807, 2.05) is 18.2 Å². The van der Waals surface area contributed by atoms with Gasteiger partial charge in [-0.2, -0.15) is 5.10 Å². The third kappa shape index (κ3) is 4.76. The number of carbonyl (C=O) groups is 1. The number of fused-ring (bicyclic) bond motifs is 1. The van der Waals surface area contributed by atoms with Crippen molar-refractivity contribution < 1.29 is 18.7 Å². The predicted molar refractivity (Wildman–Crippen MR) is 149 cm³/mol. The lowest BCUT2D eigenvalue weighted by Gasteiger charge is -2.47. The zero-order valence-corrected chi connectivity index (χ0v) is 23.5. The number of hydrogen-bond donors (Lipinski definition) is 0. The zero-order valence-electron chi connectivity index (χ0n) is 22.7. The van der Waals surface area contributed by atoms with E-state index < -0.39 is 0 Å². The van der Waals surface area contributed by atoms with Gasteiger partial charge in [0.05, 0.1) is 18.6 Å². The summed E-state index contributed by atoms with van der Waals surface area (Å²) in [5.41, 5.74) is 2.90. The Kier molecular flexibility index (Phi) is 7.47. The van der Waals surface area contributed by atoms with Crippen LogP contribution < -0.4 is 4.90 Å². The normalized spacial score (nSPS) is 29.3. The molecule has 1 atom stereocenters. The lowest BCUT2D eigenvalue weighted by Crippen LogP contribution is -2.50. The van der Waals surface area contributed by atoms with Crippen LogP contribution in [0.1, 0.15) is 76.2 Å². The summed E-state index contributed by atoms with van der Waals surface area (Å²) >= 11 is 1.65. The second-order valence-electron chi connectivity index (χ2n) is 11.7. The summed E-state index contributed by atoms with van der Waals surface area (Å²) in [6.45, 7) is 1.81. The first kappa shape index (κ1) is 26.2. The number of piperidine rings is 1. The smallest absolute Gasteiger partial charge is 0.308 e. The maximum atomic E-state index is 15.4. The summed E-state index contributed by atoms with van der Waals surface area (Å²) in [7, 11) is 3.35. The molecule has 0 aromatic heterocycles. The summed E-state index contributed by atoms with van der Waals surface area (Å²) in [4.78, 5) is 14.2. The average molecular weight is 542 g/mol. The van der Waals surface area contributed by atoms with Gasteiger partial charge in [0.2, 0.25) is 0 Å². The fourth-order valence-corrected chi connectivity index (χ4v) is 8.72. The van der Waals surface area contributed by atoms with E-state index in [9.17, 15) is 4.79 Å². The molecule has 1 saturated heterocycles. The van der Waals surface area contributed by atoms with Crippen LogP contribution in [-0.2, 0) is 14.3 Å². The van der Waals surface area contributed by atoms with Gasteiger partial charge in [-0.3, -0.25) is 9.80 Å². The van der Waals surface area contributed by atoms with Gasteiger partial charge in [0, 0.05) is 37.7 Å². The number of hydrogen-bond acceptors (Lipinski definition) is 7. The number of rotatable bonds is 6. The summed E-state index contributed by atoms with van der Waals surface area (Å²) in [6, 6.07) is 5.65. The number of benzene rings is 1. The summed E-state index contributed by atoms with van der Waals surface area (Å²) in [6.07, 6.45) is 14.4. The topological polar surface area (TPSA) is 54.4 Å². The molecule has 2 aliphatic carbocycles. The van der Waals surface area contributed by atoms with Gasteiger partial charge >= 0.3 is 5.97 Å². The highest BCUT2D eigenvalue weighted by Crippen LogP contribution is 2.48. The lowest BCUT2D eigenvalue weighted by atomic mass is 9.72. The van der Waals surface area contributed by atoms with Crippen LogP contribution in [0, 0.1) is 23.6 Å². The molecular formula is C30H40FN3O3S. The fraction of sp³-hybridized carbons (Fsp3) is 0.667. The van der Waals surface area contributed by atoms with Crippen molar-refractivity contribution in [3.63, 3.8) is 0 Å². The monoisotopic (exact) mass is 541 g/mol. The largest absolute Gasteiger partial charge is 0.469 e. The van der Waals surface area contributed by atoms with Crippen LogP contribution in [0.15, 0.2) is 35.1 Å². The molecule has 3 heterocycles. The Hall–Kier alpha value is -2.06. The molecule has 8 heteroatoms. The van der Waals surface area contributed by atoms with E-state index in [0.717, 1.165) is 62.3 Å². The van der Waals surface area contributed by atoms with Gasteiger partial charge < -0.3 is 14.4 Å². The Labute approximate surface area is 230 Å². The van der Waals surface area contributed by atoms with Crippen molar-refractivity contribution >= 4 is 28.5 Å². The van der Waals surface area contributed by atoms with Crippen molar-refractivity contribution in [1.82, 2.24) is 5.01 Å². The Bertz CT molecular complexity index is 1100. The van der Waals surface area contributed by atoms with Crippen molar-refractivity contribution in [2.24, 2.45) is 22.9 Å². The van der Waals surface area contributed by atoms with E-state index in [1.54, 1.807) is 17.8 Å². The van der Waals surface area contributed by atoms with Gasteiger partial charge in [-0.15, -0.1) is 0 Å². The Morgan fingerprint density at radius 1 is 1.05 bits per heavy atom. The molecule has 0 bridgehead atoms. The summed E-state index contributed by atoms with van der Waals surface area (Å²) < 4.78 is 26.5. The number of nitrogens with zero attached hydrogens (tertiary/aromatic N) is 3. The number of ether oxygens (including phenoxy) is 2. The molecule has 1 aromatic carbocycles. The Morgan fingerprint density at radius 3 is 2.45 bits per heavy atom. The van der Waals surface area contributed by atoms with E-state index in [2.05, 4.69) is 17.2 Å². The molecule has 1 unspecified atom stereocenters. The molecule has 206 valence electrons. The number of thioether (sulfide) groups is 1. The fourth-order valence-electron chi connectivity index (χ4n) is 7.47. The second kappa shape index (κ2) is 10.8. The minimum absolute atomic E-state index is 0.0123. The minimum atomic E-state index is -0.202. The average Bonchev–Trinajstić information content (AvgIpc) is 3.29. The van der Waals surface area contributed by atoms with Crippen LogP contribution in [0.5, 0.6) is 0 Å². The Morgan fingerprint density at radius 2 is 1.79 bits per heavy atom. The van der Waals surface area contributed by atoms with Crippen molar-refractivity contribution in [3.05, 3.63) is 41.4 Å². The summed E-state index contributed by atoms with van der Waals surface area (Å²) in [5, 5.41) is 7.59. The lowest BCUT2D eigenvalue weighted by molar-refractivity contribution is -0.146. The molecule has 3 aliphatic heterocycles. The van der Waals surface area contributed by atoms with Gasteiger partial charge in [0.15, 0.2) is 0 Å². The molecule has 3 fully saturated rings. The second-order valence-corrected chi connectivity index (χ2v) is 12.8. The number of carbonyl (C=O) groups excluding carboxylic acids is 1. The molecule has 0 spiro atoms. The zero-order chi connectivity index (χ0) is 26.3. The molecule has 0 radical (unpaired) electrons. The van der Waals surface area contributed by atoms with Crippen LogP contribution >= 0.6 is 11.8 Å². The molecule has 0 N–H and O–H groups in total. The van der Waals surface area contributed by atoms with Crippen LogP contribution in [0.4, 0.5) is 10.1 Å². The first-order chi connectivity index (χ1) is 18.5. The van der Waals surface area contributed by atoms with Crippen LogP contribution in [0.25, 0.3) is 0 Å². The van der Waals surface area contributed by atoms with Gasteiger partial charge in [0.1, 0.15) is 16.2 Å². The highest BCUT2D eigenvalue weighted by atomic mass is 32.2. The quantitative estimate of drug-likeness (QED) is 0.394. The SMILES string of the molecule is COC(=O)C1CCC(C2=CN3N=C(c4ccc(N5CCC(OC)(C6CCCCC6)CC5)cc4F)SC23)CC1. The van der Waals surface area contributed by atoms with Crippen LogP contribution in [0.3, 0.4) is 0 Å². The van der Waals surface area contributed by atoms with E-state index in [4.69, 9.17) is 14.6 Å². The molecular weight excluding hydrogens is 501 g/mol. The minimum Gasteiger partial charge on any atom is -0.469 e. The highest BCUT2D eigenvalue weighted by Gasteiger charge is 2.44. The van der Waals surface area contributed by atoms with Gasteiger partial charge in [0.25, 0.3) is 0 Å². The first-order valence-corrected chi connectivity index (χ1v) is 15.3. The standard InChI is InChI=1S/C30H40FN3O3S/c1-36-29(35)21-10-8-20(9-11-21)25-19-34-28(25)38-27(32-34)24-13-12-23(18-26(24)31)33-16-14-30(37-2,15-17-33)22-6-4-3-5-7-22/h12-13,18-22,28H,3-11,14-17H2,1-2H3. The molecule has 2 saturated carbocycles. The van der Waals surface area contributed by atoms with Crippen molar-refractivity contribution in [3.8, 4) is 0 Å². The van der Waals surface area contributed by atoms with Crippen molar-refractivity contribution in [2.75, 3.05) is 32.2 Å². The molecule has 38 heavy (non-hydrogen) atoms. The van der Waals surface area contributed by atoms with E-state index >= 15 is 4.39 Å².